The fourth-order valence-electron chi connectivity index (χ4n) is 1.10. The van der Waals surface area contributed by atoms with Gasteiger partial charge in [0.15, 0.2) is 0 Å². The maximum atomic E-state index is 12.5. The molecule has 1 atom stereocenters. The molecule has 0 aromatic heterocycles. The molecular weight excluding hydrogens is 211 g/mol. The van der Waals surface area contributed by atoms with Gasteiger partial charge in [0.1, 0.15) is 6.04 Å². The van der Waals surface area contributed by atoms with Crippen molar-refractivity contribution in [1.29, 1.82) is 0 Å². The normalized spacial score (nSPS) is 21.0. The van der Waals surface area contributed by atoms with Crippen molar-refractivity contribution >= 4 is 11.9 Å². The van der Waals surface area contributed by atoms with E-state index in [4.69, 9.17) is 0 Å². The van der Waals surface area contributed by atoms with Gasteiger partial charge in [0, 0.05) is 4.75 Å². The number of nitrogens with one attached hydrogen (secondary N) is 1. The van der Waals surface area contributed by atoms with Gasteiger partial charge in [-0.15, -0.1) is 0 Å². The van der Waals surface area contributed by atoms with E-state index in [2.05, 4.69) is 4.72 Å². The van der Waals surface area contributed by atoms with Gasteiger partial charge in [-0.2, -0.15) is 13.2 Å². The highest BCUT2D eigenvalue weighted by Crippen LogP contribution is 2.41. The third kappa shape index (κ3) is 4.09. The molecule has 0 unspecified atom stereocenters. The van der Waals surface area contributed by atoms with Gasteiger partial charge in [0.25, 0.3) is 0 Å². The quantitative estimate of drug-likeness (QED) is 0.742. The van der Waals surface area contributed by atoms with Crippen LogP contribution < -0.4 is 4.72 Å². The van der Waals surface area contributed by atoms with Gasteiger partial charge < -0.3 is 0 Å². The number of halogens is 3. The van der Waals surface area contributed by atoms with Gasteiger partial charge in [-0.1, -0.05) is 11.9 Å². The first-order valence-corrected chi connectivity index (χ1v) is 5.52. The van der Waals surface area contributed by atoms with Crippen LogP contribution in [0.25, 0.3) is 0 Å². The number of hydrogen-bond donors (Lipinski definition) is 1. The van der Waals surface area contributed by atoms with Crippen LogP contribution in [0.4, 0.5) is 13.2 Å². The molecule has 1 fully saturated rings. The number of hydrogen-bond acceptors (Lipinski definition) is 2. The monoisotopic (exact) mass is 227 g/mol. The lowest BCUT2D eigenvalue weighted by atomic mass is 10.2. The molecule has 0 bridgehead atoms. The highest BCUT2D eigenvalue weighted by atomic mass is 32.2. The van der Waals surface area contributed by atoms with Crippen molar-refractivity contribution in [3.63, 3.8) is 0 Å². The summed E-state index contributed by atoms with van der Waals surface area (Å²) in [7, 11) is 0. The third-order valence-electron chi connectivity index (χ3n) is 1.94. The summed E-state index contributed by atoms with van der Waals surface area (Å²) >= 11 is 1.17. The second-order valence-corrected chi connectivity index (χ2v) is 6.35. The first kappa shape index (κ1) is 12.2. The van der Waals surface area contributed by atoms with Crippen molar-refractivity contribution in [3.8, 4) is 0 Å². The maximum absolute atomic E-state index is 12.5. The standard InChI is InChI=1S/C9H16F3NS/c1-8(2,3)14-13-7(6-4-5-6)9(10,11)12/h6-7,13H,4-5H2,1-3H3/t7-/m1/s1. The molecule has 1 aliphatic carbocycles. The largest absolute Gasteiger partial charge is 0.404 e. The molecule has 0 radical (unpaired) electrons. The topological polar surface area (TPSA) is 12.0 Å². The van der Waals surface area contributed by atoms with E-state index in [0.29, 0.717) is 12.8 Å². The van der Waals surface area contributed by atoms with E-state index in [0.717, 1.165) is 0 Å². The van der Waals surface area contributed by atoms with Crippen LogP contribution in [0.1, 0.15) is 33.6 Å². The number of rotatable bonds is 3. The average molecular weight is 227 g/mol. The van der Waals surface area contributed by atoms with Crippen molar-refractivity contribution < 1.29 is 13.2 Å². The van der Waals surface area contributed by atoms with E-state index in [1.807, 2.05) is 20.8 Å². The molecule has 1 rings (SSSR count). The predicted octanol–water partition coefficient (Wildman–Crippen LogP) is 3.36. The summed E-state index contributed by atoms with van der Waals surface area (Å²) in [5.74, 6) is -0.204. The lowest BCUT2D eigenvalue weighted by molar-refractivity contribution is -0.155. The molecular formula is C9H16F3NS. The van der Waals surface area contributed by atoms with Gasteiger partial charge in [0.05, 0.1) is 0 Å². The Hall–Kier alpha value is 0.100. The minimum Gasteiger partial charge on any atom is -0.251 e. The van der Waals surface area contributed by atoms with E-state index in [9.17, 15) is 13.2 Å². The molecule has 1 N–H and O–H groups in total. The molecule has 0 aromatic rings. The van der Waals surface area contributed by atoms with Crippen LogP contribution in [-0.4, -0.2) is 17.0 Å². The summed E-state index contributed by atoms with van der Waals surface area (Å²) in [4.78, 5) is 0. The van der Waals surface area contributed by atoms with Crippen molar-refractivity contribution in [2.24, 2.45) is 5.92 Å². The third-order valence-corrected chi connectivity index (χ3v) is 2.92. The van der Waals surface area contributed by atoms with Crippen LogP contribution >= 0.6 is 11.9 Å². The summed E-state index contributed by atoms with van der Waals surface area (Å²) in [6.45, 7) is 5.68. The zero-order valence-corrected chi connectivity index (χ0v) is 9.43. The summed E-state index contributed by atoms with van der Waals surface area (Å²) in [5, 5.41) is 0. The van der Waals surface area contributed by atoms with E-state index in [1.165, 1.54) is 11.9 Å². The molecule has 1 aliphatic rings. The Balaban J connectivity index is 2.45. The Labute approximate surface area is 87.0 Å². The lowest BCUT2D eigenvalue weighted by Crippen LogP contribution is -2.42. The summed E-state index contributed by atoms with van der Waals surface area (Å²) in [6, 6.07) is -1.33. The summed E-state index contributed by atoms with van der Waals surface area (Å²) in [5.41, 5.74) is 0. The molecule has 0 spiro atoms. The number of alkyl halides is 3. The Kier molecular flexibility index (Phi) is 3.41. The molecule has 84 valence electrons. The van der Waals surface area contributed by atoms with E-state index in [-0.39, 0.29) is 10.7 Å². The van der Waals surface area contributed by atoms with Crippen molar-refractivity contribution in [3.05, 3.63) is 0 Å². The highest BCUT2D eigenvalue weighted by Gasteiger charge is 2.49. The van der Waals surface area contributed by atoms with Crippen molar-refractivity contribution in [1.82, 2.24) is 4.72 Å². The Bertz CT molecular complexity index is 193. The summed E-state index contributed by atoms with van der Waals surface area (Å²) in [6.07, 6.45) is -2.72. The zero-order chi connectivity index (χ0) is 11.0. The Morgan fingerprint density at radius 3 is 2.00 bits per heavy atom. The van der Waals surface area contributed by atoms with Gasteiger partial charge in [-0.25, -0.2) is 0 Å². The van der Waals surface area contributed by atoms with Gasteiger partial charge in [0.2, 0.25) is 0 Å². The maximum Gasteiger partial charge on any atom is 0.404 e. The van der Waals surface area contributed by atoms with Crippen molar-refractivity contribution in [2.45, 2.75) is 50.6 Å². The fourth-order valence-corrected chi connectivity index (χ4v) is 1.91. The van der Waals surface area contributed by atoms with Crippen LogP contribution in [0.5, 0.6) is 0 Å². The van der Waals surface area contributed by atoms with Crippen LogP contribution in [0.2, 0.25) is 0 Å². The predicted molar refractivity (Wildman–Crippen MR) is 53.0 cm³/mol. The first-order valence-electron chi connectivity index (χ1n) is 4.70. The lowest BCUT2D eigenvalue weighted by Gasteiger charge is -2.25. The second-order valence-electron chi connectivity index (χ2n) is 4.69. The zero-order valence-electron chi connectivity index (χ0n) is 8.61. The molecule has 0 heterocycles. The van der Waals surface area contributed by atoms with E-state index < -0.39 is 12.2 Å². The van der Waals surface area contributed by atoms with Gasteiger partial charge in [-0.05, 0) is 39.5 Å². The van der Waals surface area contributed by atoms with Gasteiger partial charge in [-0.3, -0.25) is 4.72 Å². The van der Waals surface area contributed by atoms with E-state index in [1.54, 1.807) is 0 Å². The fraction of sp³-hybridized carbons (Fsp3) is 1.00. The van der Waals surface area contributed by atoms with Crippen LogP contribution in [0.15, 0.2) is 0 Å². The minimum absolute atomic E-state index is 0.182. The Morgan fingerprint density at radius 1 is 1.21 bits per heavy atom. The van der Waals surface area contributed by atoms with Crippen LogP contribution in [0.3, 0.4) is 0 Å². The molecule has 1 nitrogen and oxygen atoms in total. The molecule has 1 saturated carbocycles. The molecule has 0 saturated heterocycles. The second kappa shape index (κ2) is 3.93. The van der Waals surface area contributed by atoms with Crippen LogP contribution in [0, 0.1) is 5.92 Å². The van der Waals surface area contributed by atoms with Crippen LogP contribution in [-0.2, 0) is 0 Å². The first-order chi connectivity index (χ1) is 6.20. The Morgan fingerprint density at radius 2 is 1.71 bits per heavy atom. The summed E-state index contributed by atoms with van der Waals surface area (Å²) < 4.78 is 39.9. The molecule has 0 aliphatic heterocycles. The van der Waals surface area contributed by atoms with E-state index >= 15 is 0 Å². The SMILES string of the molecule is CC(C)(C)SN[C@H](C1CC1)C(F)(F)F. The molecule has 0 aromatic carbocycles. The molecule has 5 heteroatoms. The van der Waals surface area contributed by atoms with Gasteiger partial charge >= 0.3 is 6.18 Å². The van der Waals surface area contributed by atoms with Crippen molar-refractivity contribution in [2.75, 3.05) is 0 Å². The molecule has 14 heavy (non-hydrogen) atoms. The average Bonchev–Trinajstić information content (AvgIpc) is 2.64. The highest BCUT2D eigenvalue weighted by molar-refractivity contribution is 7.98. The minimum atomic E-state index is -4.11. The molecule has 0 amide bonds. The smallest absolute Gasteiger partial charge is 0.251 e.